The summed E-state index contributed by atoms with van der Waals surface area (Å²) in [5, 5.41) is 21.5. The highest BCUT2D eigenvalue weighted by Gasteiger charge is 2.32. The fourth-order valence-electron chi connectivity index (χ4n) is 7.75. The lowest BCUT2D eigenvalue weighted by atomic mass is 10.4. The van der Waals surface area contributed by atoms with E-state index in [0.29, 0.717) is 0 Å². The average molecular weight is 2070 g/mol. The summed E-state index contributed by atoms with van der Waals surface area (Å²) >= 11 is 0. The molecule has 7 N–H and O–H groups in total. The second-order valence-corrected chi connectivity index (χ2v) is 38.7. The summed E-state index contributed by atoms with van der Waals surface area (Å²) in [6.45, 7) is -13.0. The van der Waals surface area contributed by atoms with Crippen LogP contribution < -0.4 is 76.2 Å². The van der Waals surface area contributed by atoms with E-state index in [-0.39, 0.29) is 191 Å². The minimum absolute atomic E-state index is 0.00748. The van der Waals surface area contributed by atoms with Gasteiger partial charge in [0, 0.05) is 6.66 Å². The molecule has 0 aromatic carbocycles. The van der Waals surface area contributed by atoms with Crippen LogP contribution in [0.1, 0.15) is 0 Å². The number of halogens is 1. The van der Waals surface area contributed by atoms with Gasteiger partial charge in [-0.2, -0.15) is 0 Å². The summed E-state index contributed by atoms with van der Waals surface area (Å²) in [5.41, 5.74) is 1.10. The van der Waals surface area contributed by atoms with Crippen LogP contribution in [0.3, 0.4) is 0 Å². The molecule has 0 aromatic rings. The molecule has 15 unspecified atom stereocenters. The van der Waals surface area contributed by atoms with Crippen LogP contribution in [0, 0.1) is 0 Å². The number of hydrogen-bond donors (Lipinski definition) is 7. The van der Waals surface area contributed by atoms with E-state index in [1.54, 1.807) is 0 Å². The van der Waals surface area contributed by atoms with Crippen molar-refractivity contribution in [3.05, 3.63) is 0 Å². The first kappa shape index (κ1) is 127. The minimum Gasteiger partial charge on any atom is -0.779 e. The van der Waals surface area contributed by atoms with Crippen LogP contribution in [-0.4, -0.2) is 374 Å². The predicted molar refractivity (Wildman–Crippen MR) is 414 cm³/mol. The van der Waals surface area contributed by atoms with E-state index in [9.17, 15) is 89.6 Å². The maximum absolute atomic E-state index is 13.4. The Balaban J connectivity index is 5.59. The molecule has 58 nitrogen and oxygen atoms in total. The van der Waals surface area contributed by atoms with E-state index < -0.39 is 206 Å². The SMILES string of the molecule is CNCOCC(COP(=O)([O-])OC(COCNC)COP(=O)([O-])OC(COCNC)COP(=O)([O-])OC(COCNC)COP(=O)([O-])OC(COCNC)COP(=O)([O-])OC(COCNF)COP(=O)([O-])OCCOCCOCCOCCOCCOCCOP(=O)([O-])OCSSCO)OP(=O)([O-])OCCOCCOCCOCCOCCOCCOP(C)(=O)[O-]. The molecule has 0 aliphatic rings. The number of nitrogens with one attached hydrogen (secondary N) is 6. The molecule has 758 valence electrons. The highest BCUT2D eigenvalue weighted by atomic mass is 33.1. The van der Waals surface area contributed by atoms with Crippen LogP contribution >= 0.6 is 91.8 Å². The van der Waals surface area contributed by atoms with Gasteiger partial charge in [-0.1, -0.05) is 21.6 Å². The molecule has 0 rings (SSSR count). The Bertz CT molecular complexity index is 3080. The van der Waals surface area contributed by atoms with Crippen molar-refractivity contribution in [2.24, 2.45) is 0 Å². The molecule has 70 heteroatoms. The molecule has 0 saturated heterocycles. The maximum atomic E-state index is 13.4. The number of ether oxygens (including phenoxy) is 16. The van der Waals surface area contributed by atoms with Gasteiger partial charge in [-0.25, -0.2) is 0 Å². The molecular weight excluding hydrogens is 1950 g/mol. The van der Waals surface area contributed by atoms with Gasteiger partial charge in [-0.05, 0) is 35.2 Å². The topological polar surface area (TPSA) is 758 Å². The summed E-state index contributed by atoms with van der Waals surface area (Å²) in [6, 6.07) is 0. The van der Waals surface area contributed by atoms with Crippen molar-refractivity contribution in [1.29, 1.82) is 0 Å². The largest absolute Gasteiger partial charge is 0.779 e. The minimum atomic E-state index is -5.79. The number of aliphatic hydroxyl groups is 1. The third-order valence-corrected chi connectivity index (χ3v) is 23.2. The van der Waals surface area contributed by atoms with Gasteiger partial charge in [0.05, 0.1) is 277 Å². The first-order chi connectivity index (χ1) is 59.8. The van der Waals surface area contributed by atoms with Crippen LogP contribution in [0.15, 0.2) is 0 Å². The zero-order valence-electron chi connectivity index (χ0n) is 70.1. The van der Waals surface area contributed by atoms with E-state index in [4.69, 9.17) is 144 Å². The van der Waals surface area contributed by atoms with Gasteiger partial charge in [-0.3, -0.25) is 63.1 Å². The second kappa shape index (κ2) is 78.6. The predicted octanol–water partition coefficient (Wildman–Crippen LogP) is -5.72. The van der Waals surface area contributed by atoms with E-state index in [0.717, 1.165) is 33.8 Å². The van der Waals surface area contributed by atoms with Crippen LogP contribution in [-0.2, 0) is 194 Å². The Morgan fingerprint density at radius 3 is 0.635 bits per heavy atom. The molecule has 0 aliphatic carbocycles. The van der Waals surface area contributed by atoms with Crippen molar-refractivity contribution in [3.63, 3.8) is 0 Å². The Morgan fingerprint density at radius 1 is 0.246 bits per heavy atom. The molecule has 0 radical (unpaired) electrons. The smallest absolute Gasteiger partial charge is 0.268 e. The number of rotatable bonds is 99. The summed E-state index contributed by atoms with van der Waals surface area (Å²) < 4.78 is 294. The lowest BCUT2D eigenvalue weighted by Gasteiger charge is -2.34. The number of phosphoric ester groups is 8. The van der Waals surface area contributed by atoms with Gasteiger partial charge in [-0.15, -0.1) is 10.0 Å². The lowest BCUT2D eigenvalue weighted by molar-refractivity contribution is -0.250. The standard InChI is InChI=1S/C56H128FN6O52P9S2/c1-58-43-93-31-51(110-119(71,72)102-30-26-92-22-18-88-14-10-83-7-11-85-15-19-89-23-27-99-116(6,65)66)38-104-120(73,74)111-52(32-94-44-59-2)39-105-121(75,76)112-53(33-95-45-60-3)40-106-122(77,78)113-54(34-96-46-61-4)41-107-123(79,80)114-55(35-97-47-62-5)42-108-124(81,82)115-56(36-98-48-63-57)37-103-117(67,68)100-28-24-90-20-16-86-12-8-84-9-13-87-17-21-91-25-29-101-118(69,70)109-50-126-125-49-64/h51-56,58-64H,7-50H2,1-6H3,(H,65,66)(H,67,68)(H,69,70)(H,71,72)(H,73,74)(H,75,76)(H,77,78)(H,79,80)(H,81,82)/p-9. The molecule has 0 spiro atoms. The van der Waals surface area contributed by atoms with E-state index in [2.05, 4.69) is 40.2 Å². The van der Waals surface area contributed by atoms with Gasteiger partial charge < -0.3 is 206 Å². The Kier molecular flexibility index (Phi) is 79.1. The first-order valence-electron chi connectivity index (χ1n) is 37.4. The molecule has 0 fully saturated rings. The molecule has 0 heterocycles. The fraction of sp³-hybridized carbons (Fsp3) is 1.00. The van der Waals surface area contributed by atoms with Crippen molar-refractivity contribution in [1.82, 2.24) is 32.1 Å². The van der Waals surface area contributed by atoms with Crippen LogP contribution in [0.4, 0.5) is 4.48 Å². The fourth-order valence-corrected chi connectivity index (χ4v) is 16.2. The third kappa shape index (κ3) is 83.0. The molecular formula is C56H119FN6O52P9S2-9. The van der Waals surface area contributed by atoms with Crippen LogP contribution in [0.5, 0.6) is 0 Å². The first-order valence-corrected chi connectivity index (χ1v) is 53.6. The third-order valence-electron chi connectivity index (χ3n) is 12.7. The Labute approximate surface area is 736 Å². The summed E-state index contributed by atoms with van der Waals surface area (Å²) in [5.74, 6) is -0.440. The molecule has 0 aliphatic heterocycles. The second-order valence-electron chi connectivity index (χ2n) is 23.5. The lowest BCUT2D eigenvalue weighted by Crippen LogP contribution is -2.34. The van der Waals surface area contributed by atoms with Crippen molar-refractivity contribution in [2.45, 2.75) is 36.6 Å². The molecule has 0 amide bonds. The highest BCUT2D eigenvalue weighted by Crippen LogP contribution is 2.49. The zero-order chi connectivity index (χ0) is 94.1. The van der Waals surface area contributed by atoms with Crippen molar-refractivity contribution in [2.75, 3.05) is 332 Å². The highest BCUT2D eigenvalue weighted by molar-refractivity contribution is 8.76. The monoisotopic (exact) mass is 2070 g/mol. The van der Waals surface area contributed by atoms with E-state index >= 15 is 0 Å². The molecule has 0 aromatic heterocycles. The van der Waals surface area contributed by atoms with E-state index in [1.807, 2.05) is 0 Å². The number of hydrogen-bond acceptors (Lipinski definition) is 60. The van der Waals surface area contributed by atoms with Gasteiger partial charge in [0.2, 0.25) is 0 Å². The molecule has 0 bridgehead atoms. The normalized spacial score (nSPS) is 18.1. The maximum Gasteiger partial charge on any atom is 0.268 e. The van der Waals surface area contributed by atoms with Gasteiger partial charge in [0.1, 0.15) is 56.9 Å². The molecule has 0 saturated carbocycles. The van der Waals surface area contributed by atoms with Crippen LogP contribution in [0.2, 0.25) is 0 Å². The van der Waals surface area contributed by atoms with Crippen molar-refractivity contribution < 1.29 is 247 Å². The Morgan fingerprint density at radius 2 is 0.429 bits per heavy atom. The number of phosphoric acid groups is 8. The average Bonchev–Trinajstić information content (AvgIpc) is 0.864. The molecule has 15 atom stereocenters. The van der Waals surface area contributed by atoms with Crippen molar-refractivity contribution in [3.8, 4) is 0 Å². The summed E-state index contributed by atoms with van der Waals surface area (Å²) in [4.78, 5) is 114. The van der Waals surface area contributed by atoms with E-state index in [1.165, 1.54) is 35.2 Å². The summed E-state index contributed by atoms with van der Waals surface area (Å²) in [6.07, 6.45) is -11.5. The van der Waals surface area contributed by atoms with Gasteiger partial charge in [0.25, 0.3) is 62.6 Å². The Hall–Kier alpha value is 0.740. The van der Waals surface area contributed by atoms with Gasteiger partial charge in [0.15, 0.2) is 0 Å². The quantitative estimate of drug-likeness (QED) is 0.00981. The number of aliphatic hydroxyl groups excluding tert-OH is 1. The van der Waals surface area contributed by atoms with Crippen molar-refractivity contribution >= 4 is 91.8 Å². The summed E-state index contributed by atoms with van der Waals surface area (Å²) in [7, 11) is -38.5. The van der Waals surface area contributed by atoms with Gasteiger partial charge >= 0.3 is 0 Å². The van der Waals surface area contributed by atoms with Crippen LogP contribution in [0.25, 0.3) is 0 Å². The zero-order valence-corrected chi connectivity index (χ0v) is 79.7. The molecule has 126 heavy (non-hydrogen) atoms.